The van der Waals surface area contributed by atoms with Gasteiger partial charge in [0, 0.05) is 31.9 Å². The quantitative estimate of drug-likeness (QED) is 0.130. The fourth-order valence-electron chi connectivity index (χ4n) is 3.08. The Balaban J connectivity index is 0.000000195. The number of hydrogen-bond donors (Lipinski definition) is 0. The summed E-state index contributed by atoms with van der Waals surface area (Å²) in [7, 11) is 10.7. The van der Waals surface area contributed by atoms with Crippen LogP contribution in [-0.2, 0) is 14.2 Å². The SMILES string of the molecule is Cc1cc([N+]#N)c2ccccc2c1Br.Cc1cc([N+]#N)c2ccccc2c1Br.[Cl][Hg-2]([Cl])([Br])[Br]. The van der Waals surface area contributed by atoms with Crippen LogP contribution in [0.2, 0.25) is 0 Å². The molecule has 0 saturated heterocycles. The van der Waals surface area contributed by atoms with Crippen LogP contribution in [0.4, 0.5) is 11.4 Å². The molecule has 0 aromatic heterocycles. The number of benzene rings is 4. The fraction of sp³-hybridized carbons (Fsp3) is 0.0909. The molecule has 4 nitrogen and oxygen atoms in total. The van der Waals surface area contributed by atoms with Crippen LogP contribution in [0.3, 0.4) is 0 Å². The molecule has 0 unspecified atom stereocenters. The average Bonchev–Trinajstić information content (AvgIpc) is 2.78. The van der Waals surface area contributed by atoms with Gasteiger partial charge in [-0.2, -0.15) is 0 Å². The third-order valence-corrected chi connectivity index (χ3v) is 6.60. The zero-order valence-corrected chi connectivity index (χ0v) is 30.9. The van der Waals surface area contributed by atoms with Gasteiger partial charge in [-0.05, 0) is 69.0 Å². The van der Waals surface area contributed by atoms with E-state index in [2.05, 4.69) is 65.6 Å². The van der Waals surface area contributed by atoms with Crippen molar-refractivity contribution in [3.63, 3.8) is 0 Å². The van der Waals surface area contributed by atoms with E-state index < -0.39 is 14.2 Å². The van der Waals surface area contributed by atoms with Gasteiger partial charge in [0.15, 0.2) is 9.95 Å². The van der Waals surface area contributed by atoms with Gasteiger partial charge >= 0.3 is 65.8 Å². The predicted octanol–water partition coefficient (Wildman–Crippen LogP) is 11.9. The first-order valence-corrected chi connectivity index (χ1v) is 48.6. The predicted molar refractivity (Wildman–Crippen MR) is 152 cm³/mol. The Morgan fingerprint density at radius 2 is 0.939 bits per heavy atom. The second-order valence-corrected chi connectivity index (χ2v) is 95.1. The van der Waals surface area contributed by atoms with Gasteiger partial charge in [-0.15, -0.1) is 0 Å². The summed E-state index contributed by atoms with van der Waals surface area (Å²) >= 11 is 10.3. The first kappa shape index (κ1) is 28.9. The van der Waals surface area contributed by atoms with Gasteiger partial charge in [0.1, 0.15) is 0 Å². The minimum atomic E-state index is -2.82. The Morgan fingerprint density at radius 3 is 1.21 bits per heavy atom. The summed E-state index contributed by atoms with van der Waals surface area (Å²) < 4.78 is 2.11. The van der Waals surface area contributed by atoms with Gasteiger partial charge in [-0.1, -0.05) is 36.4 Å². The van der Waals surface area contributed by atoms with Crippen molar-refractivity contribution in [2.45, 2.75) is 13.8 Å². The van der Waals surface area contributed by atoms with E-state index in [9.17, 15) is 0 Å². The molecule has 0 atom stereocenters. The van der Waals surface area contributed by atoms with Crippen molar-refractivity contribution >= 4 is 105 Å². The standard InChI is InChI=1S/2C11H8BrN2.2BrH.2ClH.Hg/c2*1-7-6-10(14-13)8-4-2-3-5-9(8)11(7)12;;;;;/h2*2-6H,1H3;4*1H;/q2*+1;;;;;+2/p-4. The summed E-state index contributed by atoms with van der Waals surface area (Å²) in [4.78, 5) is 6.56. The molecular weight excluding hydrogens is 911 g/mol. The van der Waals surface area contributed by atoms with E-state index >= 15 is 0 Å². The van der Waals surface area contributed by atoms with Crippen LogP contribution in [0, 0.1) is 24.6 Å². The van der Waals surface area contributed by atoms with Gasteiger partial charge in [0.25, 0.3) is 0 Å². The number of hydrogen-bond acceptors (Lipinski definition) is 2. The van der Waals surface area contributed by atoms with Crippen LogP contribution in [-0.4, -0.2) is 0 Å². The molecule has 0 spiro atoms. The molecule has 0 heterocycles. The molecule has 168 valence electrons. The van der Waals surface area contributed by atoms with Crippen molar-refractivity contribution in [1.82, 2.24) is 0 Å². The van der Waals surface area contributed by atoms with Crippen LogP contribution < -0.4 is 0 Å². The molecule has 33 heavy (non-hydrogen) atoms. The van der Waals surface area contributed by atoms with Crippen LogP contribution in [0.25, 0.3) is 31.5 Å². The average molecular weight is 928 g/mol. The second kappa shape index (κ2) is 13.1. The van der Waals surface area contributed by atoms with E-state index in [1.807, 2.05) is 74.5 Å². The Bertz CT molecular complexity index is 1290. The minimum absolute atomic E-state index is 0.612. The number of halogens is 6. The molecule has 4 rings (SSSR count). The van der Waals surface area contributed by atoms with E-state index in [0.717, 1.165) is 41.6 Å². The Hall–Kier alpha value is -0.325. The summed E-state index contributed by atoms with van der Waals surface area (Å²) in [6, 6.07) is 19.4. The maximum atomic E-state index is 8.86. The number of fused-ring (bicyclic) bond motifs is 2. The van der Waals surface area contributed by atoms with Gasteiger partial charge in [0.2, 0.25) is 10.8 Å². The summed E-state index contributed by atoms with van der Waals surface area (Å²) in [5, 5.41) is 21.8. The van der Waals surface area contributed by atoms with Crippen LogP contribution in [0.1, 0.15) is 11.1 Å². The second-order valence-electron chi connectivity index (χ2n) is 6.95. The number of rotatable bonds is 0. The van der Waals surface area contributed by atoms with Crippen molar-refractivity contribution < 1.29 is 14.2 Å². The molecule has 0 amide bonds. The summed E-state index contributed by atoms with van der Waals surface area (Å²) in [5.41, 5.74) is 3.36. The maximum absolute atomic E-state index is 8.86. The summed E-state index contributed by atoms with van der Waals surface area (Å²) in [6.45, 7) is 3.95. The van der Waals surface area contributed by atoms with Crippen LogP contribution >= 0.6 is 72.2 Å². The Labute approximate surface area is 231 Å². The van der Waals surface area contributed by atoms with E-state index in [1.165, 1.54) is 0 Å². The Kier molecular flexibility index (Phi) is 11.5. The number of nitrogens with zero attached hydrogens (tertiary/aromatic N) is 4. The molecule has 0 N–H and O–H groups in total. The van der Waals surface area contributed by atoms with Crippen molar-refractivity contribution in [2.75, 3.05) is 0 Å². The monoisotopic (exact) mass is 924 g/mol. The normalized spacial score (nSPS) is 10.4. The molecule has 0 fully saturated rings. The molecule has 0 bridgehead atoms. The summed E-state index contributed by atoms with van der Waals surface area (Å²) in [5.74, 6) is 0. The van der Waals surface area contributed by atoms with E-state index in [-0.39, 0.29) is 0 Å². The van der Waals surface area contributed by atoms with Crippen molar-refractivity contribution in [1.29, 1.82) is 10.8 Å². The molecular formula is C22H16Br4Cl2HgN4. The fourth-order valence-corrected chi connectivity index (χ4v) is 4.00. The zero-order valence-electron chi connectivity index (χ0n) is 17.5. The van der Waals surface area contributed by atoms with Crippen molar-refractivity contribution in [3.8, 4) is 0 Å². The van der Waals surface area contributed by atoms with Crippen molar-refractivity contribution in [3.05, 3.63) is 90.7 Å². The molecule has 4 aromatic rings. The van der Waals surface area contributed by atoms with Crippen LogP contribution in [0.5, 0.6) is 0 Å². The number of aryl methyl sites for hydroxylation is 2. The number of diazo groups is 2. The van der Waals surface area contributed by atoms with Gasteiger partial charge in [-0.25, -0.2) is 0 Å². The van der Waals surface area contributed by atoms with Crippen LogP contribution in [0.15, 0.2) is 69.6 Å². The van der Waals surface area contributed by atoms with E-state index in [4.69, 9.17) is 27.3 Å². The third-order valence-electron chi connectivity index (χ3n) is 4.49. The van der Waals surface area contributed by atoms with Crippen molar-refractivity contribution in [2.24, 2.45) is 0 Å². The molecule has 0 aliphatic carbocycles. The first-order chi connectivity index (χ1) is 15.5. The molecule has 0 aliphatic rings. The summed E-state index contributed by atoms with van der Waals surface area (Å²) in [6.07, 6.45) is 0. The molecule has 0 aliphatic heterocycles. The van der Waals surface area contributed by atoms with E-state index in [0.29, 0.717) is 11.4 Å². The third kappa shape index (κ3) is 8.39. The van der Waals surface area contributed by atoms with Gasteiger partial charge in [0.05, 0.1) is 10.8 Å². The molecule has 0 saturated carbocycles. The zero-order chi connectivity index (χ0) is 24.8. The molecule has 0 radical (unpaired) electrons. The van der Waals surface area contributed by atoms with Gasteiger partial charge < -0.3 is 0 Å². The Morgan fingerprint density at radius 1 is 0.667 bits per heavy atom. The van der Waals surface area contributed by atoms with E-state index in [1.54, 1.807) is 0 Å². The van der Waals surface area contributed by atoms with Gasteiger partial charge in [-0.3, -0.25) is 0 Å². The molecule has 4 aromatic carbocycles. The topological polar surface area (TPSA) is 56.3 Å². The first-order valence-electron chi connectivity index (χ1n) is 9.60. The molecule has 11 heteroatoms.